The second-order valence-corrected chi connectivity index (χ2v) is 5.67. The largest absolute Gasteiger partial charge is 0.507 e. The molecule has 2 heterocycles. The van der Waals surface area contributed by atoms with Gasteiger partial charge in [-0.3, -0.25) is 20.8 Å². The van der Waals surface area contributed by atoms with Gasteiger partial charge in [-0.2, -0.15) is 10.2 Å². The topological polar surface area (TPSA) is 94.8 Å². The van der Waals surface area contributed by atoms with E-state index < -0.39 is 0 Å². The van der Waals surface area contributed by atoms with E-state index in [9.17, 15) is 5.11 Å². The van der Waals surface area contributed by atoms with E-state index in [1.165, 1.54) is 6.21 Å². The fourth-order valence-corrected chi connectivity index (χ4v) is 2.24. The molecule has 0 aliphatic rings. The summed E-state index contributed by atoms with van der Waals surface area (Å²) in [7, 11) is 0. The lowest BCUT2D eigenvalue weighted by Crippen LogP contribution is -2.29. The minimum atomic E-state index is 0.132. The van der Waals surface area contributed by atoms with Crippen molar-refractivity contribution in [2.75, 3.05) is 0 Å². The summed E-state index contributed by atoms with van der Waals surface area (Å²) in [6.45, 7) is 0. The van der Waals surface area contributed by atoms with Crippen LogP contribution in [0.15, 0.2) is 83.3 Å². The lowest BCUT2D eigenvalue weighted by atomic mass is 10.1. The van der Waals surface area contributed by atoms with Crippen molar-refractivity contribution in [1.29, 1.82) is 0 Å². The molecule has 27 heavy (non-hydrogen) atoms. The summed E-state index contributed by atoms with van der Waals surface area (Å²) in [6.07, 6.45) is 4.83. The van der Waals surface area contributed by atoms with Crippen LogP contribution >= 0.6 is 12.2 Å². The highest BCUT2D eigenvalue weighted by Gasteiger charge is 2.09. The summed E-state index contributed by atoms with van der Waals surface area (Å²) in [5.74, 6) is 0.132. The Balaban J connectivity index is 1.71. The molecule has 0 saturated heterocycles. The van der Waals surface area contributed by atoms with Crippen molar-refractivity contribution in [3.8, 4) is 5.75 Å². The van der Waals surface area contributed by atoms with Crippen LogP contribution in [0.4, 0.5) is 0 Å². The summed E-state index contributed by atoms with van der Waals surface area (Å²) < 4.78 is 0. The summed E-state index contributed by atoms with van der Waals surface area (Å²) >= 11 is 5.17. The average Bonchev–Trinajstić information content (AvgIpc) is 2.71. The summed E-state index contributed by atoms with van der Waals surface area (Å²) in [4.78, 5) is 8.63. The van der Waals surface area contributed by atoms with Crippen molar-refractivity contribution >= 4 is 29.3 Å². The van der Waals surface area contributed by atoms with E-state index in [2.05, 4.69) is 31.0 Å². The molecule has 7 nitrogen and oxygen atoms in total. The predicted molar refractivity (Wildman–Crippen MR) is 109 cm³/mol. The zero-order valence-electron chi connectivity index (χ0n) is 14.1. The Labute approximate surface area is 161 Å². The number of pyridine rings is 2. The number of phenolic OH excluding ortho intramolecular Hbond substituents is 1. The fourth-order valence-electron chi connectivity index (χ4n) is 2.14. The van der Waals surface area contributed by atoms with Crippen molar-refractivity contribution in [3.63, 3.8) is 0 Å². The smallest absolute Gasteiger partial charge is 0.207 e. The molecule has 0 spiro atoms. The maximum absolute atomic E-state index is 9.70. The van der Waals surface area contributed by atoms with Crippen molar-refractivity contribution in [2.24, 2.45) is 10.2 Å². The quantitative estimate of drug-likeness (QED) is 0.360. The fraction of sp³-hybridized carbons (Fsp3) is 0. The molecule has 0 aliphatic carbocycles. The highest BCUT2D eigenvalue weighted by Crippen LogP contribution is 2.12. The second-order valence-electron chi connectivity index (χ2n) is 5.26. The van der Waals surface area contributed by atoms with Crippen LogP contribution in [0.25, 0.3) is 0 Å². The molecule has 0 radical (unpaired) electrons. The van der Waals surface area contributed by atoms with Gasteiger partial charge in [0.05, 0.1) is 17.6 Å². The van der Waals surface area contributed by atoms with Gasteiger partial charge in [-0.1, -0.05) is 24.3 Å². The van der Waals surface area contributed by atoms with Crippen molar-refractivity contribution < 1.29 is 5.11 Å². The highest BCUT2D eigenvalue weighted by atomic mass is 32.1. The molecule has 3 aromatic rings. The predicted octanol–water partition coefficient (Wildman–Crippen LogP) is 2.43. The van der Waals surface area contributed by atoms with E-state index in [0.717, 1.165) is 0 Å². The molecular weight excluding hydrogens is 360 g/mol. The molecule has 3 N–H and O–H groups in total. The third kappa shape index (κ3) is 5.16. The molecule has 3 rings (SSSR count). The Hall–Kier alpha value is -3.65. The number of nitrogens with one attached hydrogen (secondary N) is 2. The van der Waals surface area contributed by atoms with E-state index >= 15 is 0 Å². The first-order chi connectivity index (χ1) is 13.2. The van der Waals surface area contributed by atoms with Gasteiger partial charge in [-0.15, -0.1) is 0 Å². The van der Waals surface area contributed by atoms with Crippen molar-refractivity contribution in [3.05, 3.63) is 90.0 Å². The first kappa shape index (κ1) is 18.2. The highest BCUT2D eigenvalue weighted by molar-refractivity contribution is 7.80. The molecule has 2 aromatic heterocycles. The third-order valence-electron chi connectivity index (χ3n) is 3.39. The van der Waals surface area contributed by atoms with Crippen LogP contribution in [0, 0.1) is 0 Å². The number of thiocarbonyl (C=S) groups is 1. The van der Waals surface area contributed by atoms with Gasteiger partial charge in [0.1, 0.15) is 11.5 Å². The average molecular weight is 376 g/mol. The number of rotatable bonds is 5. The van der Waals surface area contributed by atoms with Crippen LogP contribution < -0.4 is 10.9 Å². The van der Waals surface area contributed by atoms with E-state index in [4.69, 9.17) is 12.2 Å². The number of hydrogen-bond donors (Lipinski definition) is 3. The van der Waals surface area contributed by atoms with E-state index in [1.54, 1.807) is 36.7 Å². The molecule has 0 amide bonds. The molecular formula is C19H16N6OS. The van der Waals surface area contributed by atoms with Gasteiger partial charge >= 0.3 is 0 Å². The molecule has 134 valence electrons. The number of hydrazone groups is 2. The van der Waals surface area contributed by atoms with Crippen LogP contribution in [0.5, 0.6) is 5.75 Å². The lowest BCUT2D eigenvalue weighted by molar-refractivity contribution is 0.474. The van der Waals surface area contributed by atoms with E-state index in [-0.39, 0.29) is 10.9 Å². The van der Waals surface area contributed by atoms with Gasteiger partial charge in [0.2, 0.25) is 5.11 Å². The Bertz CT molecular complexity index is 919. The monoisotopic (exact) mass is 376 g/mol. The molecule has 8 heteroatoms. The van der Waals surface area contributed by atoms with Gasteiger partial charge in [0, 0.05) is 18.0 Å². The standard InChI is InChI=1S/C19H16N6OS/c26-17-10-2-1-7-14(17)13-22-24-19(27)25-23-18(15-8-3-5-11-20-15)16-9-4-6-12-21-16/h1-13,26H,(H2,24,25,27). The maximum atomic E-state index is 9.70. The molecule has 0 bridgehead atoms. The number of aromatic nitrogens is 2. The number of nitrogens with zero attached hydrogens (tertiary/aromatic N) is 4. The number of hydrogen-bond acceptors (Lipinski definition) is 6. The van der Waals surface area contributed by atoms with Crippen LogP contribution in [0.1, 0.15) is 17.0 Å². The van der Waals surface area contributed by atoms with Crippen molar-refractivity contribution in [1.82, 2.24) is 20.8 Å². The molecule has 0 saturated carbocycles. The Morgan fingerprint density at radius 2 is 1.52 bits per heavy atom. The van der Waals surface area contributed by atoms with Gasteiger partial charge < -0.3 is 5.11 Å². The third-order valence-corrected chi connectivity index (χ3v) is 3.57. The number of phenols is 1. The lowest BCUT2D eigenvalue weighted by Gasteiger charge is -2.07. The first-order valence-corrected chi connectivity index (χ1v) is 8.42. The van der Waals surface area contributed by atoms with Gasteiger partial charge in [0.25, 0.3) is 0 Å². The minimum Gasteiger partial charge on any atom is -0.507 e. The van der Waals surface area contributed by atoms with Gasteiger partial charge in [0.15, 0.2) is 0 Å². The number of para-hydroxylation sites is 1. The number of aromatic hydroxyl groups is 1. The first-order valence-electron chi connectivity index (χ1n) is 8.01. The number of benzene rings is 1. The molecule has 0 unspecified atom stereocenters. The summed E-state index contributed by atoms with van der Waals surface area (Å²) in [5, 5.41) is 18.2. The minimum absolute atomic E-state index is 0.132. The zero-order valence-corrected chi connectivity index (χ0v) is 15.0. The van der Waals surface area contributed by atoms with E-state index in [0.29, 0.717) is 22.7 Å². The van der Waals surface area contributed by atoms with E-state index in [1.807, 2.05) is 36.4 Å². The van der Waals surface area contributed by atoms with Crippen LogP contribution in [0.3, 0.4) is 0 Å². The van der Waals surface area contributed by atoms with Crippen molar-refractivity contribution in [2.45, 2.75) is 0 Å². The molecule has 0 aliphatic heterocycles. The van der Waals surface area contributed by atoms with Crippen LogP contribution in [-0.4, -0.2) is 32.1 Å². The van der Waals surface area contributed by atoms with Gasteiger partial charge in [-0.05, 0) is 48.6 Å². The second kappa shape index (κ2) is 9.16. The Morgan fingerprint density at radius 3 is 2.11 bits per heavy atom. The summed E-state index contributed by atoms with van der Waals surface area (Å²) in [5.41, 5.74) is 7.81. The maximum Gasteiger partial charge on any atom is 0.207 e. The SMILES string of the molecule is Oc1ccccc1C=NNC(=S)NN=C(c1ccccn1)c1ccccn1. The Kier molecular flexibility index (Phi) is 6.16. The zero-order chi connectivity index (χ0) is 18.9. The summed E-state index contributed by atoms with van der Waals surface area (Å²) in [6, 6.07) is 17.9. The molecule has 0 atom stereocenters. The van der Waals surface area contributed by atoms with Crippen LogP contribution in [0.2, 0.25) is 0 Å². The Morgan fingerprint density at radius 1 is 0.889 bits per heavy atom. The van der Waals surface area contributed by atoms with Crippen LogP contribution in [-0.2, 0) is 0 Å². The molecule has 1 aromatic carbocycles. The normalized spacial score (nSPS) is 10.4. The molecule has 0 fully saturated rings. The van der Waals surface area contributed by atoms with Gasteiger partial charge in [-0.25, -0.2) is 0 Å².